The van der Waals surface area contributed by atoms with E-state index in [0.29, 0.717) is 6.61 Å². The molecule has 0 aliphatic rings. The van der Waals surface area contributed by atoms with Crippen LogP contribution in [0.4, 0.5) is 0 Å². The maximum atomic E-state index is 9.75. The standard InChI is InChI=1S/C7H13ClO2/c1-7(8)3-2-5-10-6-4-9/h4,7H,2-3,5-6H2,1H3. The van der Waals surface area contributed by atoms with E-state index in [1.54, 1.807) is 0 Å². The average Bonchev–Trinajstić information content (AvgIpc) is 1.87. The number of halogens is 1. The molecule has 0 bridgehead atoms. The van der Waals surface area contributed by atoms with Gasteiger partial charge in [-0.1, -0.05) is 0 Å². The fourth-order valence-electron chi connectivity index (χ4n) is 0.598. The van der Waals surface area contributed by atoms with Gasteiger partial charge in [0.25, 0.3) is 0 Å². The molecular formula is C7H13ClO2. The van der Waals surface area contributed by atoms with E-state index in [1.807, 2.05) is 6.92 Å². The third-order valence-corrected chi connectivity index (χ3v) is 1.29. The van der Waals surface area contributed by atoms with Crippen LogP contribution in [0.1, 0.15) is 19.8 Å². The van der Waals surface area contributed by atoms with Crippen LogP contribution in [0, 0.1) is 0 Å². The first-order chi connectivity index (χ1) is 4.77. The second kappa shape index (κ2) is 7.03. The van der Waals surface area contributed by atoms with Crippen LogP contribution < -0.4 is 0 Å². The molecule has 0 aromatic rings. The average molecular weight is 165 g/mol. The molecule has 2 nitrogen and oxygen atoms in total. The molecule has 0 aromatic heterocycles. The van der Waals surface area contributed by atoms with Gasteiger partial charge < -0.3 is 9.53 Å². The summed E-state index contributed by atoms with van der Waals surface area (Å²) in [7, 11) is 0. The van der Waals surface area contributed by atoms with Gasteiger partial charge in [0.05, 0.1) is 0 Å². The third-order valence-electron chi connectivity index (χ3n) is 1.08. The SMILES string of the molecule is CC(Cl)CCCOCC=O. The molecule has 0 fully saturated rings. The van der Waals surface area contributed by atoms with Crippen LogP contribution in [-0.4, -0.2) is 24.9 Å². The minimum atomic E-state index is 0.205. The summed E-state index contributed by atoms with van der Waals surface area (Å²) >= 11 is 5.67. The van der Waals surface area contributed by atoms with Gasteiger partial charge in [-0.25, -0.2) is 0 Å². The van der Waals surface area contributed by atoms with E-state index in [-0.39, 0.29) is 12.0 Å². The fourth-order valence-corrected chi connectivity index (χ4v) is 0.752. The van der Waals surface area contributed by atoms with Crippen molar-refractivity contribution in [2.45, 2.75) is 25.1 Å². The molecular weight excluding hydrogens is 152 g/mol. The highest BCUT2D eigenvalue weighted by Crippen LogP contribution is 2.02. The largest absolute Gasteiger partial charge is 0.374 e. The molecule has 0 aliphatic carbocycles. The van der Waals surface area contributed by atoms with Gasteiger partial charge in [0.15, 0.2) is 0 Å². The van der Waals surface area contributed by atoms with Crippen LogP contribution in [0.2, 0.25) is 0 Å². The Balaban J connectivity index is 2.83. The highest BCUT2D eigenvalue weighted by Gasteiger charge is 1.94. The van der Waals surface area contributed by atoms with Crippen molar-refractivity contribution in [2.24, 2.45) is 0 Å². The molecule has 0 spiro atoms. The summed E-state index contributed by atoms with van der Waals surface area (Å²) in [4.78, 5) is 9.75. The lowest BCUT2D eigenvalue weighted by molar-refractivity contribution is -0.111. The lowest BCUT2D eigenvalue weighted by atomic mass is 10.3. The zero-order valence-corrected chi connectivity index (χ0v) is 6.93. The maximum absolute atomic E-state index is 9.75. The molecule has 0 aromatic carbocycles. The van der Waals surface area contributed by atoms with E-state index in [9.17, 15) is 4.79 Å². The van der Waals surface area contributed by atoms with Gasteiger partial charge in [0.1, 0.15) is 12.9 Å². The molecule has 1 unspecified atom stereocenters. The maximum Gasteiger partial charge on any atom is 0.145 e. The molecule has 0 saturated heterocycles. The Morgan fingerprint density at radius 2 is 2.40 bits per heavy atom. The smallest absolute Gasteiger partial charge is 0.145 e. The first-order valence-electron chi connectivity index (χ1n) is 3.43. The van der Waals surface area contributed by atoms with Crippen LogP contribution in [0.3, 0.4) is 0 Å². The minimum Gasteiger partial charge on any atom is -0.374 e. The van der Waals surface area contributed by atoms with Crippen LogP contribution in [-0.2, 0) is 9.53 Å². The second-order valence-electron chi connectivity index (χ2n) is 2.16. The summed E-state index contributed by atoms with van der Waals surface area (Å²) in [5.41, 5.74) is 0. The Kier molecular flexibility index (Phi) is 6.98. The van der Waals surface area contributed by atoms with Crippen molar-refractivity contribution < 1.29 is 9.53 Å². The summed E-state index contributed by atoms with van der Waals surface area (Å²) in [5.74, 6) is 0. The Morgan fingerprint density at radius 1 is 1.70 bits per heavy atom. The first kappa shape index (κ1) is 9.92. The number of hydrogen-bond acceptors (Lipinski definition) is 2. The Labute approximate surface area is 66.5 Å². The summed E-state index contributed by atoms with van der Waals surface area (Å²) in [6.45, 7) is 2.79. The van der Waals surface area contributed by atoms with Gasteiger partial charge in [0, 0.05) is 12.0 Å². The zero-order valence-electron chi connectivity index (χ0n) is 6.18. The van der Waals surface area contributed by atoms with Gasteiger partial charge in [-0.15, -0.1) is 11.6 Å². The molecule has 3 heteroatoms. The van der Waals surface area contributed by atoms with E-state index in [1.165, 1.54) is 0 Å². The number of ether oxygens (including phenoxy) is 1. The molecule has 0 heterocycles. The highest BCUT2D eigenvalue weighted by atomic mass is 35.5. The van der Waals surface area contributed by atoms with Crippen LogP contribution >= 0.6 is 11.6 Å². The lowest BCUT2D eigenvalue weighted by Crippen LogP contribution is -2.00. The lowest BCUT2D eigenvalue weighted by Gasteiger charge is -2.01. The normalized spacial score (nSPS) is 13.0. The van der Waals surface area contributed by atoms with Crippen molar-refractivity contribution in [3.63, 3.8) is 0 Å². The summed E-state index contributed by atoms with van der Waals surface area (Å²) < 4.78 is 4.91. The van der Waals surface area contributed by atoms with Gasteiger partial charge in [0.2, 0.25) is 0 Å². The molecule has 0 rings (SSSR count). The van der Waals surface area contributed by atoms with Crippen molar-refractivity contribution in [3.05, 3.63) is 0 Å². The molecule has 1 atom stereocenters. The molecule has 0 amide bonds. The predicted molar refractivity (Wildman–Crippen MR) is 41.4 cm³/mol. The monoisotopic (exact) mass is 164 g/mol. The highest BCUT2D eigenvalue weighted by molar-refractivity contribution is 6.20. The Bertz CT molecular complexity index is 83.7. The van der Waals surface area contributed by atoms with Crippen molar-refractivity contribution in [1.82, 2.24) is 0 Å². The van der Waals surface area contributed by atoms with E-state index < -0.39 is 0 Å². The van der Waals surface area contributed by atoms with Crippen molar-refractivity contribution in [3.8, 4) is 0 Å². The third kappa shape index (κ3) is 7.92. The molecule has 0 saturated carbocycles. The van der Waals surface area contributed by atoms with Gasteiger partial charge in [-0.2, -0.15) is 0 Å². The van der Waals surface area contributed by atoms with Gasteiger partial charge in [-0.3, -0.25) is 0 Å². The van der Waals surface area contributed by atoms with Crippen LogP contribution in [0.5, 0.6) is 0 Å². The molecule has 10 heavy (non-hydrogen) atoms. The van der Waals surface area contributed by atoms with Crippen molar-refractivity contribution in [2.75, 3.05) is 13.2 Å². The molecule has 60 valence electrons. The van der Waals surface area contributed by atoms with E-state index in [2.05, 4.69) is 0 Å². The number of alkyl halides is 1. The topological polar surface area (TPSA) is 26.3 Å². The number of carbonyl (C=O) groups excluding carboxylic acids is 1. The van der Waals surface area contributed by atoms with Gasteiger partial charge in [-0.05, 0) is 19.8 Å². The Morgan fingerprint density at radius 3 is 2.90 bits per heavy atom. The molecule has 0 aliphatic heterocycles. The molecule has 0 N–H and O–H groups in total. The summed E-state index contributed by atoms with van der Waals surface area (Å²) in [6, 6.07) is 0. The first-order valence-corrected chi connectivity index (χ1v) is 3.86. The van der Waals surface area contributed by atoms with Crippen LogP contribution in [0.15, 0.2) is 0 Å². The second-order valence-corrected chi connectivity index (χ2v) is 2.91. The van der Waals surface area contributed by atoms with E-state index in [0.717, 1.165) is 19.1 Å². The summed E-state index contributed by atoms with van der Waals surface area (Å²) in [5, 5.41) is 0.208. The Hall–Kier alpha value is -0.0800. The quantitative estimate of drug-likeness (QED) is 0.339. The minimum absolute atomic E-state index is 0.205. The van der Waals surface area contributed by atoms with Crippen LogP contribution in [0.25, 0.3) is 0 Å². The number of carbonyl (C=O) groups is 1. The van der Waals surface area contributed by atoms with E-state index in [4.69, 9.17) is 16.3 Å². The summed E-state index contributed by atoms with van der Waals surface area (Å²) in [6.07, 6.45) is 2.63. The number of rotatable bonds is 6. The zero-order chi connectivity index (χ0) is 7.82. The van der Waals surface area contributed by atoms with Gasteiger partial charge >= 0.3 is 0 Å². The number of hydrogen-bond donors (Lipinski definition) is 0. The predicted octanol–water partition coefficient (Wildman–Crippen LogP) is 1.61. The van der Waals surface area contributed by atoms with Crippen molar-refractivity contribution in [1.29, 1.82) is 0 Å². The fraction of sp³-hybridized carbons (Fsp3) is 0.857. The van der Waals surface area contributed by atoms with Crippen molar-refractivity contribution >= 4 is 17.9 Å². The molecule has 0 radical (unpaired) electrons. The number of aldehydes is 1. The van der Waals surface area contributed by atoms with E-state index >= 15 is 0 Å².